The van der Waals surface area contributed by atoms with Crippen molar-refractivity contribution in [2.75, 3.05) is 13.2 Å². The van der Waals surface area contributed by atoms with E-state index in [1.54, 1.807) is 0 Å². The van der Waals surface area contributed by atoms with Crippen LogP contribution < -0.4 is 3.53 Å². The third-order valence-electron chi connectivity index (χ3n) is 3.47. The van der Waals surface area contributed by atoms with Crippen molar-refractivity contribution in [2.45, 2.75) is 66.2 Å². The molecule has 0 heterocycles. The summed E-state index contributed by atoms with van der Waals surface area (Å²) in [4.78, 5) is 0. The van der Waals surface area contributed by atoms with Crippen molar-refractivity contribution < 1.29 is 9.47 Å². The predicted octanol–water partition coefficient (Wildman–Crippen LogP) is 3.81. The molecular formula is C14H30INO2. The second kappa shape index (κ2) is 10.4. The van der Waals surface area contributed by atoms with Crippen molar-refractivity contribution >= 4 is 22.9 Å². The lowest BCUT2D eigenvalue weighted by Gasteiger charge is -2.25. The molecule has 110 valence electrons. The quantitative estimate of drug-likeness (QED) is 0.468. The molecule has 1 N–H and O–H groups in total. The van der Waals surface area contributed by atoms with Gasteiger partial charge in [0.2, 0.25) is 0 Å². The van der Waals surface area contributed by atoms with Crippen molar-refractivity contribution in [2.24, 2.45) is 11.8 Å². The van der Waals surface area contributed by atoms with Gasteiger partial charge in [0, 0.05) is 35.5 Å². The minimum Gasteiger partial charge on any atom is -0.379 e. The summed E-state index contributed by atoms with van der Waals surface area (Å²) in [5.41, 5.74) is 0. The van der Waals surface area contributed by atoms with Gasteiger partial charge in [-0.3, -0.25) is 3.53 Å². The van der Waals surface area contributed by atoms with Crippen LogP contribution in [0.4, 0.5) is 0 Å². The zero-order chi connectivity index (χ0) is 14.1. The fraction of sp³-hybridized carbons (Fsp3) is 1.00. The SMILES string of the molecule is CC(C)OCCC(C)C(C)OCC(C)C(C)NI. The molecule has 0 saturated carbocycles. The monoisotopic (exact) mass is 371 g/mol. The van der Waals surface area contributed by atoms with E-state index in [0.717, 1.165) is 19.6 Å². The van der Waals surface area contributed by atoms with E-state index in [1.807, 2.05) is 0 Å². The van der Waals surface area contributed by atoms with Crippen LogP contribution in [0.3, 0.4) is 0 Å². The lowest BCUT2D eigenvalue weighted by atomic mass is 10.0. The number of ether oxygens (including phenoxy) is 2. The predicted molar refractivity (Wildman–Crippen MR) is 86.1 cm³/mol. The summed E-state index contributed by atoms with van der Waals surface area (Å²) >= 11 is 2.20. The number of halogens is 1. The van der Waals surface area contributed by atoms with E-state index in [2.05, 4.69) is 67.9 Å². The van der Waals surface area contributed by atoms with E-state index in [4.69, 9.17) is 9.47 Å². The van der Waals surface area contributed by atoms with Crippen molar-refractivity contribution in [3.8, 4) is 0 Å². The highest BCUT2D eigenvalue weighted by Gasteiger charge is 2.16. The molecule has 0 aliphatic carbocycles. The van der Waals surface area contributed by atoms with Gasteiger partial charge in [0.05, 0.1) is 18.8 Å². The number of hydrogen-bond donors (Lipinski definition) is 1. The van der Waals surface area contributed by atoms with Gasteiger partial charge < -0.3 is 9.47 Å². The van der Waals surface area contributed by atoms with Crippen LogP contribution in [0.15, 0.2) is 0 Å². The number of hydrogen-bond acceptors (Lipinski definition) is 3. The second-order valence-electron chi connectivity index (χ2n) is 5.60. The van der Waals surface area contributed by atoms with Gasteiger partial charge in [-0.1, -0.05) is 13.8 Å². The van der Waals surface area contributed by atoms with Crippen LogP contribution in [0.5, 0.6) is 0 Å². The van der Waals surface area contributed by atoms with E-state index in [0.29, 0.717) is 30.1 Å². The van der Waals surface area contributed by atoms with Gasteiger partial charge in [-0.25, -0.2) is 0 Å². The maximum atomic E-state index is 5.95. The summed E-state index contributed by atoms with van der Waals surface area (Å²) in [6, 6.07) is 0.484. The van der Waals surface area contributed by atoms with Gasteiger partial charge in [-0.2, -0.15) is 0 Å². The van der Waals surface area contributed by atoms with E-state index in [1.165, 1.54) is 0 Å². The fourth-order valence-electron chi connectivity index (χ4n) is 1.44. The molecule has 0 bridgehead atoms. The molecule has 0 aliphatic heterocycles. The van der Waals surface area contributed by atoms with Crippen LogP contribution in [0, 0.1) is 11.8 Å². The molecule has 3 nitrogen and oxygen atoms in total. The van der Waals surface area contributed by atoms with E-state index >= 15 is 0 Å². The van der Waals surface area contributed by atoms with E-state index in [9.17, 15) is 0 Å². The van der Waals surface area contributed by atoms with Gasteiger partial charge in [0.15, 0.2) is 0 Å². The zero-order valence-electron chi connectivity index (χ0n) is 12.7. The molecule has 0 aromatic heterocycles. The summed E-state index contributed by atoms with van der Waals surface area (Å²) < 4.78 is 14.8. The van der Waals surface area contributed by atoms with E-state index < -0.39 is 0 Å². The zero-order valence-corrected chi connectivity index (χ0v) is 14.9. The second-order valence-corrected chi connectivity index (χ2v) is 6.22. The lowest BCUT2D eigenvalue weighted by Crippen LogP contribution is -2.30. The lowest BCUT2D eigenvalue weighted by molar-refractivity contribution is -0.00701. The van der Waals surface area contributed by atoms with Crippen LogP contribution in [0.1, 0.15) is 48.0 Å². The highest BCUT2D eigenvalue weighted by molar-refractivity contribution is 14.1. The first-order valence-electron chi connectivity index (χ1n) is 6.97. The Morgan fingerprint density at radius 2 is 1.56 bits per heavy atom. The normalized spacial score (nSPS) is 18.7. The van der Waals surface area contributed by atoms with Crippen molar-refractivity contribution in [1.82, 2.24) is 3.53 Å². The Morgan fingerprint density at radius 1 is 0.944 bits per heavy atom. The van der Waals surface area contributed by atoms with Crippen LogP contribution >= 0.6 is 22.9 Å². The molecule has 0 fully saturated rings. The fourth-order valence-corrected chi connectivity index (χ4v) is 2.06. The van der Waals surface area contributed by atoms with Gasteiger partial charge in [-0.15, -0.1) is 0 Å². The maximum Gasteiger partial charge on any atom is 0.0573 e. The largest absolute Gasteiger partial charge is 0.379 e. The van der Waals surface area contributed by atoms with Gasteiger partial charge in [0.25, 0.3) is 0 Å². The smallest absolute Gasteiger partial charge is 0.0573 e. The molecule has 4 atom stereocenters. The van der Waals surface area contributed by atoms with Gasteiger partial charge in [-0.05, 0) is 46.0 Å². The summed E-state index contributed by atoms with van der Waals surface area (Å²) in [5, 5.41) is 0. The molecule has 0 aromatic carbocycles. The first-order valence-corrected chi connectivity index (χ1v) is 8.05. The van der Waals surface area contributed by atoms with Crippen LogP contribution in [-0.4, -0.2) is 31.5 Å². The summed E-state index contributed by atoms with van der Waals surface area (Å²) in [5.74, 6) is 1.07. The Hall–Kier alpha value is 0.610. The van der Waals surface area contributed by atoms with Crippen molar-refractivity contribution in [3.05, 3.63) is 0 Å². The van der Waals surface area contributed by atoms with Crippen molar-refractivity contribution in [1.29, 1.82) is 0 Å². The highest BCUT2D eigenvalue weighted by atomic mass is 127. The third kappa shape index (κ3) is 8.67. The minimum atomic E-state index is 0.296. The molecule has 0 aliphatic rings. The topological polar surface area (TPSA) is 30.5 Å². The molecule has 4 unspecified atom stereocenters. The maximum absolute atomic E-state index is 5.95. The third-order valence-corrected chi connectivity index (χ3v) is 4.46. The van der Waals surface area contributed by atoms with E-state index in [-0.39, 0.29) is 0 Å². The Kier molecular flexibility index (Phi) is 10.8. The Labute approximate surface area is 127 Å². The average molecular weight is 371 g/mol. The Balaban J connectivity index is 3.76. The van der Waals surface area contributed by atoms with Crippen LogP contribution in [-0.2, 0) is 9.47 Å². The molecule has 0 radical (unpaired) electrons. The molecule has 0 rings (SSSR count). The minimum absolute atomic E-state index is 0.296. The Bertz CT molecular complexity index is 202. The molecular weight excluding hydrogens is 341 g/mol. The summed E-state index contributed by atoms with van der Waals surface area (Å²) in [6.45, 7) is 14.6. The Morgan fingerprint density at radius 3 is 2.06 bits per heavy atom. The molecule has 0 aromatic rings. The van der Waals surface area contributed by atoms with Crippen LogP contribution in [0.2, 0.25) is 0 Å². The van der Waals surface area contributed by atoms with Gasteiger partial charge in [0.1, 0.15) is 0 Å². The average Bonchev–Trinajstić information content (AvgIpc) is 2.33. The molecule has 4 heteroatoms. The molecule has 18 heavy (non-hydrogen) atoms. The highest BCUT2D eigenvalue weighted by Crippen LogP contribution is 2.14. The molecule has 0 saturated heterocycles. The summed E-state index contributed by atoms with van der Waals surface area (Å²) in [7, 11) is 0. The first kappa shape index (κ1) is 18.6. The van der Waals surface area contributed by atoms with Crippen molar-refractivity contribution in [3.63, 3.8) is 0 Å². The first-order chi connectivity index (χ1) is 8.38. The van der Waals surface area contributed by atoms with Gasteiger partial charge >= 0.3 is 0 Å². The molecule has 0 spiro atoms. The summed E-state index contributed by atoms with van der Waals surface area (Å²) in [6.07, 6.45) is 1.68. The number of rotatable bonds is 10. The number of nitrogens with one attached hydrogen (secondary N) is 1. The standard InChI is InChI=1S/C14H30INO2/c1-10(2)17-8-7-11(3)14(6)18-9-12(4)13(5)16-15/h10-14,16H,7-9H2,1-6H3. The van der Waals surface area contributed by atoms with Crippen LogP contribution in [0.25, 0.3) is 0 Å². The molecule has 0 amide bonds.